The molecule has 0 unspecified atom stereocenters. The lowest BCUT2D eigenvalue weighted by Gasteiger charge is -2.18. The summed E-state index contributed by atoms with van der Waals surface area (Å²) in [5.41, 5.74) is 1.29. The second-order valence-electron chi connectivity index (χ2n) is 6.93. The number of nitrogens with zero attached hydrogens (tertiary/aromatic N) is 1. The predicted octanol–water partition coefficient (Wildman–Crippen LogP) is 3.50. The Morgan fingerprint density at radius 1 is 1.03 bits per heavy atom. The smallest absolute Gasteiger partial charge is 0.265 e. The fourth-order valence-corrected chi connectivity index (χ4v) is 5.53. The van der Waals surface area contributed by atoms with Crippen LogP contribution in [0.3, 0.4) is 0 Å². The van der Waals surface area contributed by atoms with E-state index in [9.17, 15) is 13.2 Å². The van der Waals surface area contributed by atoms with Crippen LogP contribution >= 0.6 is 0 Å². The molecule has 0 saturated carbocycles. The van der Waals surface area contributed by atoms with Gasteiger partial charge in [0.05, 0.1) is 10.6 Å². The molecule has 3 aromatic carbocycles. The van der Waals surface area contributed by atoms with E-state index in [-0.39, 0.29) is 25.7 Å². The largest absolute Gasteiger partial charge is 0.454 e. The van der Waals surface area contributed by atoms with E-state index in [0.29, 0.717) is 34.2 Å². The lowest BCUT2D eigenvalue weighted by atomic mass is 10.1. The van der Waals surface area contributed by atoms with Crippen LogP contribution in [0.5, 0.6) is 11.5 Å². The number of hydrogen-bond donors (Lipinski definition) is 1. The highest BCUT2D eigenvalue weighted by Gasteiger charge is 2.35. The highest BCUT2D eigenvalue weighted by Crippen LogP contribution is 2.42. The number of fused-ring (bicyclic) bond motifs is 1. The van der Waals surface area contributed by atoms with Gasteiger partial charge in [0.2, 0.25) is 12.7 Å². The molecular formula is C21H18N2O5S. The topological polar surface area (TPSA) is 84.9 Å². The summed E-state index contributed by atoms with van der Waals surface area (Å²) in [4.78, 5) is 12.6. The average Bonchev–Trinajstić information content (AvgIpc) is 3.25. The molecule has 29 heavy (non-hydrogen) atoms. The number of anilines is 2. The van der Waals surface area contributed by atoms with Gasteiger partial charge in [0.15, 0.2) is 11.5 Å². The monoisotopic (exact) mass is 410 g/mol. The van der Waals surface area contributed by atoms with Crippen molar-refractivity contribution < 1.29 is 22.7 Å². The van der Waals surface area contributed by atoms with Gasteiger partial charge in [-0.3, -0.25) is 9.10 Å². The van der Waals surface area contributed by atoms with Crippen molar-refractivity contribution in [3.63, 3.8) is 0 Å². The summed E-state index contributed by atoms with van der Waals surface area (Å²) < 4.78 is 37.8. The van der Waals surface area contributed by atoms with Crippen LogP contribution in [-0.2, 0) is 14.8 Å². The fraction of sp³-hybridized carbons (Fsp3) is 0.190. The maximum atomic E-state index is 12.9. The van der Waals surface area contributed by atoms with Crippen LogP contribution in [0.1, 0.15) is 12.8 Å². The Morgan fingerprint density at radius 2 is 1.83 bits per heavy atom. The van der Waals surface area contributed by atoms with E-state index in [4.69, 9.17) is 9.47 Å². The van der Waals surface area contributed by atoms with Crippen molar-refractivity contribution in [2.24, 2.45) is 0 Å². The zero-order valence-electron chi connectivity index (χ0n) is 15.4. The zero-order chi connectivity index (χ0) is 20.0. The van der Waals surface area contributed by atoms with Crippen molar-refractivity contribution in [1.29, 1.82) is 0 Å². The Kier molecular flexibility index (Phi) is 4.09. The number of nitrogens with one attached hydrogen (secondary N) is 1. The zero-order valence-corrected chi connectivity index (χ0v) is 16.2. The summed E-state index contributed by atoms with van der Waals surface area (Å²) in [5, 5.41) is 4.46. The second kappa shape index (κ2) is 6.66. The second-order valence-corrected chi connectivity index (χ2v) is 8.76. The Labute approximate surface area is 167 Å². The molecule has 2 aliphatic rings. The van der Waals surface area contributed by atoms with Gasteiger partial charge in [-0.25, -0.2) is 8.42 Å². The van der Waals surface area contributed by atoms with Crippen molar-refractivity contribution in [2.75, 3.05) is 23.0 Å². The maximum Gasteiger partial charge on any atom is 0.265 e. The van der Waals surface area contributed by atoms with Crippen LogP contribution in [-0.4, -0.2) is 27.7 Å². The summed E-state index contributed by atoms with van der Waals surface area (Å²) in [6, 6.07) is 16.0. The third-order valence-electron chi connectivity index (χ3n) is 5.10. The minimum absolute atomic E-state index is 0.173. The van der Waals surface area contributed by atoms with Gasteiger partial charge in [0.1, 0.15) is 0 Å². The molecule has 7 nitrogen and oxygen atoms in total. The molecule has 148 valence electrons. The Balaban J connectivity index is 1.26. The molecule has 8 heteroatoms. The van der Waals surface area contributed by atoms with Crippen LogP contribution in [0.15, 0.2) is 59.5 Å². The Morgan fingerprint density at radius 3 is 2.69 bits per heavy atom. The first-order valence-corrected chi connectivity index (χ1v) is 10.7. The van der Waals surface area contributed by atoms with E-state index in [1.807, 2.05) is 24.3 Å². The molecule has 0 spiro atoms. The van der Waals surface area contributed by atoms with Gasteiger partial charge in [-0.15, -0.1) is 0 Å². The number of ether oxygens (including phenoxy) is 2. The molecular weight excluding hydrogens is 392 g/mol. The molecule has 0 atom stereocenters. The highest BCUT2D eigenvalue weighted by atomic mass is 32.2. The summed E-state index contributed by atoms with van der Waals surface area (Å²) in [5.74, 6) is 1.06. The first-order chi connectivity index (χ1) is 14.0. The fourth-order valence-electron chi connectivity index (χ4n) is 3.78. The summed E-state index contributed by atoms with van der Waals surface area (Å²) in [6.07, 6.45) is 0.604. The number of benzene rings is 3. The maximum absolute atomic E-state index is 12.9. The van der Waals surface area contributed by atoms with Crippen molar-refractivity contribution in [3.05, 3.63) is 54.6 Å². The average molecular weight is 410 g/mol. The lowest BCUT2D eigenvalue weighted by molar-refractivity contribution is -0.116. The number of carbonyl (C=O) groups excluding carboxylic acids is 1. The molecule has 5 rings (SSSR count). The summed E-state index contributed by atoms with van der Waals surface area (Å²) in [7, 11) is -3.59. The SMILES string of the molecule is O=C(CCCN1c2cccc3cccc(c23)S1(=O)=O)Nc1ccc2c(c1)OCO2. The summed E-state index contributed by atoms with van der Waals surface area (Å²) >= 11 is 0. The van der Waals surface area contributed by atoms with E-state index in [1.54, 1.807) is 30.3 Å². The molecule has 3 aromatic rings. The van der Waals surface area contributed by atoms with Crippen LogP contribution < -0.4 is 19.1 Å². The van der Waals surface area contributed by atoms with E-state index in [2.05, 4.69) is 5.32 Å². The molecule has 1 amide bonds. The minimum Gasteiger partial charge on any atom is -0.454 e. The molecule has 0 aromatic heterocycles. The standard InChI is InChI=1S/C21H18N2O5S/c24-20(22-15-9-10-17-18(12-15)28-13-27-17)8-3-11-23-16-6-1-4-14-5-2-7-19(21(14)16)29(23,25)26/h1-2,4-7,9-10,12H,3,8,11,13H2,(H,22,24). The van der Waals surface area contributed by atoms with Gasteiger partial charge < -0.3 is 14.8 Å². The van der Waals surface area contributed by atoms with Gasteiger partial charge in [-0.05, 0) is 36.1 Å². The van der Waals surface area contributed by atoms with Gasteiger partial charge in [-0.1, -0.05) is 24.3 Å². The molecule has 0 fully saturated rings. The normalized spacial score (nSPS) is 15.7. The van der Waals surface area contributed by atoms with Gasteiger partial charge in [0.25, 0.3) is 10.0 Å². The molecule has 0 aliphatic carbocycles. The minimum atomic E-state index is -3.59. The number of rotatable bonds is 5. The quantitative estimate of drug-likeness (QED) is 0.696. The summed E-state index contributed by atoms with van der Waals surface area (Å²) in [6.45, 7) is 0.414. The van der Waals surface area contributed by atoms with Crippen LogP contribution in [0.2, 0.25) is 0 Å². The van der Waals surface area contributed by atoms with Crippen molar-refractivity contribution >= 4 is 38.1 Å². The van der Waals surface area contributed by atoms with Crippen molar-refractivity contribution in [2.45, 2.75) is 17.7 Å². The van der Waals surface area contributed by atoms with Gasteiger partial charge >= 0.3 is 0 Å². The van der Waals surface area contributed by atoms with E-state index < -0.39 is 10.0 Å². The predicted molar refractivity (Wildman–Crippen MR) is 109 cm³/mol. The van der Waals surface area contributed by atoms with Gasteiger partial charge in [-0.2, -0.15) is 0 Å². The van der Waals surface area contributed by atoms with Crippen molar-refractivity contribution in [1.82, 2.24) is 0 Å². The Bertz CT molecular complexity index is 1230. The van der Waals surface area contributed by atoms with Gasteiger partial charge in [0, 0.05) is 30.1 Å². The first-order valence-electron chi connectivity index (χ1n) is 9.28. The van der Waals surface area contributed by atoms with Crippen LogP contribution in [0.4, 0.5) is 11.4 Å². The third-order valence-corrected chi connectivity index (χ3v) is 6.96. The van der Waals surface area contributed by atoms with E-state index >= 15 is 0 Å². The molecule has 0 bridgehead atoms. The van der Waals surface area contributed by atoms with E-state index in [1.165, 1.54) is 4.31 Å². The molecule has 2 heterocycles. The number of hydrogen-bond acceptors (Lipinski definition) is 5. The number of amides is 1. The third kappa shape index (κ3) is 2.96. The van der Waals surface area contributed by atoms with E-state index in [0.717, 1.165) is 10.8 Å². The van der Waals surface area contributed by atoms with Crippen molar-refractivity contribution in [3.8, 4) is 11.5 Å². The Hall–Kier alpha value is -3.26. The molecule has 0 radical (unpaired) electrons. The van der Waals surface area contributed by atoms with Crippen LogP contribution in [0, 0.1) is 0 Å². The van der Waals surface area contributed by atoms with Crippen LogP contribution in [0.25, 0.3) is 10.8 Å². The molecule has 1 N–H and O–H groups in total. The number of carbonyl (C=O) groups is 1. The number of sulfonamides is 1. The highest BCUT2D eigenvalue weighted by molar-refractivity contribution is 7.93. The lowest BCUT2D eigenvalue weighted by Crippen LogP contribution is -2.28. The molecule has 0 saturated heterocycles. The molecule has 2 aliphatic heterocycles. The first kappa shape index (κ1) is 17.8.